The highest BCUT2D eigenvalue weighted by Gasteiger charge is 2.90. The van der Waals surface area contributed by atoms with Crippen molar-refractivity contribution < 1.29 is 85.9 Å². The van der Waals surface area contributed by atoms with Crippen molar-refractivity contribution in [2.24, 2.45) is 10.9 Å². The number of nitro benzene ring substituents is 1. The van der Waals surface area contributed by atoms with Crippen molar-refractivity contribution in [2.75, 3.05) is 13.7 Å². The number of esters is 2. The Bertz CT molecular complexity index is 1470. The number of methoxy groups -OCH3 is 1. The molecule has 1 aromatic carbocycles. The van der Waals surface area contributed by atoms with Crippen LogP contribution in [0.5, 0.6) is 0 Å². The molecule has 1 aliphatic heterocycles. The number of hydrogen-bond donors (Lipinski definition) is 0. The van der Waals surface area contributed by atoms with Gasteiger partial charge in [0, 0.05) is 29.7 Å². The topological polar surface area (TPSA) is 125 Å². The first kappa shape index (κ1) is 38.9. The number of alkyl halides is 13. The number of aldehydes is 1. The molecule has 0 aromatic heterocycles. The highest BCUT2D eigenvalue weighted by molar-refractivity contribution is 6.35. The van der Waals surface area contributed by atoms with Crippen LogP contribution in [0.1, 0.15) is 31.2 Å². The van der Waals surface area contributed by atoms with E-state index >= 15 is 0 Å². The van der Waals surface area contributed by atoms with Gasteiger partial charge in [0.15, 0.2) is 6.29 Å². The third-order valence-corrected chi connectivity index (χ3v) is 6.78. The van der Waals surface area contributed by atoms with E-state index in [4.69, 9.17) is 0 Å². The Kier molecular flexibility index (Phi) is 10.8. The fourth-order valence-corrected chi connectivity index (χ4v) is 4.39. The van der Waals surface area contributed by atoms with Crippen molar-refractivity contribution in [3.63, 3.8) is 0 Å². The predicted octanol–water partition coefficient (Wildman–Crippen LogP) is 6.46. The lowest BCUT2D eigenvalue weighted by Gasteiger charge is -2.39. The van der Waals surface area contributed by atoms with Gasteiger partial charge in [-0.15, -0.1) is 0 Å². The van der Waals surface area contributed by atoms with Gasteiger partial charge in [0.2, 0.25) is 0 Å². The van der Waals surface area contributed by atoms with Crippen LogP contribution >= 0.6 is 0 Å². The molecule has 0 amide bonds. The van der Waals surface area contributed by atoms with Gasteiger partial charge in [-0.1, -0.05) is 18.2 Å². The molecule has 47 heavy (non-hydrogen) atoms. The predicted molar refractivity (Wildman–Crippen MR) is 129 cm³/mol. The summed E-state index contributed by atoms with van der Waals surface area (Å²) in [6.45, 7) is -0.457. The summed E-state index contributed by atoms with van der Waals surface area (Å²) in [5.41, 5.74) is -2.96. The minimum Gasteiger partial charge on any atom is -0.468 e. The number of carbonyl (C=O) groups is 3. The Morgan fingerprint density at radius 2 is 1.45 bits per heavy atom. The average Bonchev–Trinajstić information content (AvgIpc) is 2.97. The molecule has 9 nitrogen and oxygen atoms in total. The molecule has 1 heterocycles. The zero-order valence-corrected chi connectivity index (χ0v) is 23.3. The Hall–Kier alpha value is -4.27. The lowest BCUT2D eigenvalue weighted by atomic mass is 9.75. The number of ether oxygens (including phenoxy) is 2. The molecule has 0 radical (unpaired) electrons. The number of nitro groups is 1. The molecule has 0 fully saturated rings. The molecule has 0 spiro atoms. The zero-order chi connectivity index (χ0) is 36.6. The fraction of sp³-hybridized carbons (Fsp3) is 0.520. The SMILES string of the molecule is COC(=O)C1C(C=O)=NC(C)=C(C(=O)OCCCC(F)(F)C(F)(F)C(F)(F)C(F)(F)C(F)(F)C(F)(F)F)C1c1ccccc1[N+](=O)[O-]. The van der Waals surface area contributed by atoms with Crippen LogP contribution in [0.25, 0.3) is 0 Å². The number of rotatable bonds is 13. The Morgan fingerprint density at radius 1 is 0.915 bits per heavy atom. The largest absolute Gasteiger partial charge is 0.468 e. The maximum Gasteiger partial charge on any atom is 0.460 e. The van der Waals surface area contributed by atoms with Crippen molar-refractivity contribution in [3.8, 4) is 0 Å². The Balaban J connectivity index is 2.41. The summed E-state index contributed by atoms with van der Waals surface area (Å²) in [4.78, 5) is 51.8. The second-order valence-corrected chi connectivity index (χ2v) is 9.69. The first-order valence-electron chi connectivity index (χ1n) is 12.4. The minimum absolute atomic E-state index is 0.0428. The maximum absolute atomic E-state index is 14.1. The molecule has 22 heteroatoms. The van der Waals surface area contributed by atoms with Gasteiger partial charge in [-0.25, -0.2) is 4.79 Å². The van der Waals surface area contributed by atoms with Gasteiger partial charge in [-0.3, -0.25) is 24.7 Å². The number of para-hydroxylation sites is 1. The van der Waals surface area contributed by atoms with Gasteiger partial charge >= 0.3 is 47.7 Å². The number of aliphatic imine (C=N–C) groups is 1. The Morgan fingerprint density at radius 3 is 1.94 bits per heavy atom. The molecule has 2 rings (SSSR count). The van der Waals surface area contributed by atoms with Crippen LogP contribution in [0.3, 0.4) is 0 Å². The van der Waals surface area contributed by atoms with E-state index in [0.29, 0.717) is 0 Å². The zero-order valence-electron chi connectivity index (χ0n) is 23.3. The van der Waals surface area contributed by atoms with Crippen LogP contribution in [0.2, 0.25) is 0 Å². The van der Waals surface area contributed by atoms with E-state index in [0.717, 1.165) is 26.2 Å². The van der Waals surface area contributed by atoms with Crippen LogP contribution in [0.15, 0.2) is 40.5 Å². The van der Waals surface area contributed by atoms with Gasteiger partial charge in [0.1, 0.15) is 5.92 Å². The van der Waals surface area contributed by atoms with Gasteiger partial charge in [-0.2, -0.15) is 57.1 Å². The highest BCUT2D eigenvalue weighted by atomic mass is 19.4. The van der Waals surface area contributed by atoms with Crippen LogP contribution in [0.4, 0.5) is 62.8 Å². The molecular formula is C25H19F13N2O7. The lowest BCUT2D eigenvalue weighted by Crippen LogP contribution is -2.70. The molecule has 0 N–H and O–H groups in total. The summed E-state index contributed by atoms with van der Waals surface area (Å²) in [6.07, 6.45) is -11.8. The molecule has 0 saturated carbocycles. The molecule has 2 atom stereocenters. The normalized spacial score (nSPS) is 18.4. The van der Waals surface area contributed by atoms with Gasteiger partial charge in [0.25, 0.3) is 5.69 Å². The third-order valence-electron chi connectivity index (χ3n) is 6.78. The van der Waals surface area contributed by atoms with E-state index < -0.39 is 112 Å². The summed E-state index contributed by atoms with van der Waals surface area (Å²) >= 11 is 0. The van der Waals surface area contributed by atoms with Gasteiger partial charge in [-0.05, 0) is 13.3 Å². The van der Waals surface area contributed by atoms with Crippen molar-refractivity contribution in [1.29, 1.82) is 0 Å². The first-order chi connectivity index (χ1) is 21.3. The number of carbonyl (C=O) groups excluding carboxylic acids is 3. The molecule has 0 aliphatic carbocycles. The van der Waals surface area contributed by atoms with E-state index in [-0.39, 0.29) is 6.29 Å². The average molecular weight is 706 g/mol. The summed E-state index contributed by atoms with van der Waals surface area (Å²) in [5.74, 6) is -44.5. The smallest absolute Gasteiger partial charge is 0.460 e. The number of benzene rings is 1. The van der Waals surface area contributed by atoms with Gasteiger partial charge in [0.05, 0.1) is 29.9 Å². The second kappa shape index (κ2) is 13.1. The highest BCUT2D eigenvalue weighted by Crippen LogP contribution is 2.60. The van der Waals surface area contributed by atoms with E-state index in [9.17, 15) is 81.6 Å². The quantitative estimate of drug-likeness (QED) is 0.0576. The number of halogens is 13. The molecule has 1 aliphatic rings. The van der Waals surface area contributed by atoms with Crippen molar-refractivity contribution in [1.82, 2.24) is 0 Å². The van der Waals surface area contributed by atoms with E-state index in [2.05, 4.69) is 14.5 Å². The van der Waals surface area contributed by atoms with Gasteiger partial charge < -0.3 is 9.47 Å². The van der Waals surface area contributed by atoms with Crippen LogP contribution < -0.4 is 0 Å². The summed E-state index contributed by atoms with van der Waals surface area (Å²) in [5, 5.41) is 11.7. The van der Waals surface area contributed by atoms with E-state index in [1.807, 2.05) is 0 Å². The maximum atomic E-state index is 14.1. The number of allylic oxidation sites excluding steroid dienone is 1. The summed E-state index contributed by atoms with van der Waals surface area (Å²) in [6, 6.07) is 4.32. The van der Waals surface area contributed by atoms with E-state index in [1.165, 1.54) is 12.1 Å². The molecule has 0 saturated heterocycles. The monoisotopic (exact) mass is 706 g/mol. The molecular weight excluding hydrogens is 687 g/mol. The fourth-order valence-electron chi connectivity index (χ4n) is 4.39. The molecule has 1 aromatic rings. The summed E-state index contributed by atoms with van der Waals surface area (Å²) < 4.78 is 182. The van der Waals surface area contributed by atoms with Crippen molar-refractivity contribution >= 4 is 29.6 Å². The number of hydrogen-bond acceptors (Lipinski definition) is 8. The van der Waals surface area contributed by atoms with Crippen LogP contribution in [0, 0.1) is 16.0 Å². The summed E-state index contributed by atoms with van der Waals surface area (Å²) in [7, 11) is 0.823. The van der Waals surface area contributed by atoms with E-state index in [1.54, 1.807) is 0 Å². The number of nitrogens with zero attached hydrogens (tertiary/aromatic N) is 2. The van der Waals surface area contributed by atoms with Crippen LogP contribution in [-0.2, 0) is 23.9 Å². The Labute approximate surface area is 253 Å². The lowest BCUT2D eigenvalue weighted by molar-refractivity contribution is -0.440. The first-order valence-corrected chi connectivity index (χ1v) is 12.4. The molecule has 2 unspecified atom stereocenters. The third kappa shape index (κ3) is 6.62. The van der Waals surface area contributed by atoms with Crippen molar-refractivity contribution in [3.05, 3.63) is 51.2 Å². The van der Waals surface area contributed by atoms with Crippen molar-refractivity contribution in [2.45, 2.75) is 61.5 Å². The standard InChI is InChI=1S/C25H19F13N2O7/c1-11-15(16(12-6-3-4-7-14(12)40(44)45)17(18(42)46-2)13(10-41)39-11)19(43)47-9-5-8-20(26,27)21(28,29)22(30,31)23(32,33)24(34,35)25(36,37)38/h3-4,6-7,10,16-17H,5,8-9H2,1-2H3. The minimum atomic E-state index is -8.07. The molecule has 0 bridgehead atoms. The second-order valence-electron chi connectivity index (χ2n) is 9.69. The van der Waals surface area contributed by atoms with Crippen LogP contribution in [-0.4, -0.2) is 78.4 Å². The molecule has 262 valence electrons.